The molecule has 1 atom stereocenters. The lowest BCUT2D eigenvalue weighted by atomic mass is 10.0. The van der Waals surface area contributed by atoms with Crippen molar-refractivity contribution in [2.45, 2.75) is 20.3 Å². The Kier molecular flexibility index (Phi) is 1.89. The minimum absolute atomic E-state index is 0.00870. The smallest absolute Gasteiger partial charge is 0.180 e. The van der Waals surface area contributed by atoms with Crippen LogP contribution in [0.4, 0.5) is 0 Å². The molecule has 0 saturated heterocycles. The van der Waals surface area contributed by atoms with Crippen LogP contribution in [0.3, 0.4) is 0 Å². The Hall–Kier alpha value is -1.62. The van der Waals surface area contributed by atoms with Gasteiger partial charge in [0.1, 0.15) is 5.92 Å². The molecule has 0 spiro atoms. The fourth-order valence-electron chi connectivity index (χ4n) is 1.88. The summed E-state index contributed by atoms with van der Waals surface area (Å²) in [5.41, 5.74) is 4.09. The first-order chi connectivity index (χ1) is 6.63. The van der Waals surface area contributed by atoms with Gasteiger partial charge in [-0.25, -0.2) is 0 Å². The summed E-state index contributed by atoms with van der Waals surface area (Å²) >= 11 is 0. The minimum atomic E-state index is -0.453. The second-order valence-electron chi connectivity index (χ2n) is 3.84. The molecule has 1 aromatic carbocycles. The fraction of sp³-hybridized carbons (Fsp3) is 0.333. The number of aryl methyl sites for hydroxylation is 2. The molecule has 0 saturated carbocycles. The van der Waals surface area contributed by atoms with Gasteiger partial charge in [-0.15, -0.1) is 0 Å². The first kappa shape index (κ1) is 8.96. The van der Waals surface area contributed by atoms with Crippen molar-refractivity contribution in [3.8, 4) is 6.07 Å². The van der Waals surface area contributed by atoms with Crippen LogP contribution in [0.5, 0.6) is 0 Å². The van der Waals surface area contributed by atoms with Crippen molar-refractivity contribution in [3.63, 3.8) is 0 Å². The molecule has 2 rings (SSSR count). The number of carbonyl (C=O) groups excluding carboxylic acids is 1. The maximum Gasteiger partial charge on any atom is 0.180 e. The molecule has 1 aromatic rings. The highest BCUT2D eigenvalue weighted by Gasteiger charge is 2.30. The van der Waals surface area contributed by atoms with E-state index in [-0.39, 0.29) is 5.78 Å². The molecule has 0 N–H and O–H groups in total. The summed E-state index contributed by atoms with van der Waals surface area (Å²) in [5.74, 6) is -0.461. The number of nitriles is 1. The Morgan fingerprint density at radius 2 is 2.00 bits per heavy atom. The standard InChI is InChI=1S/C12H11NO/c1-7-3-9-5-10(6-13)12(14)11(9)4-8(7)2/h3-4,10H,5H2,1-2H3. The van der Waals surface area contributed by atoms with E-state index in [0.29, 0.717) is 6.42 Å². The highest BCUT2D eigenvalue weighted by molar-refractivity contribution is 6.03. The number of carbonyl (C=O) groups is 1. The van der Waals surface area contributed by atoms with Gasteiger partial charge in [0.2, 0.25) is 0 Å². The summed E-state index contributed by atoms with van der Waals surface area (Å²) in [6, 6.07) is 5.98. The monoisotopic (exact) mass is 185 g/mol. The summed E-state index contributed by atoms with van der Waals surface area (Å²) in [4.78, 5) is 11.7. The quantitative estimate of drug-likeness (QED) is 0.621. The molecule has 1 aliphatic rings. The number of hydrogen-bond acceptors (Lipinski definition) is 2. The summed E-state index contributed by atoms with van der Waals surface area (Å²) in [5, 5.41) is 8.78. The van der Waals surface area contributed by atoms with Gasteiger partial charge >= 0.3 is 0 Å². The summed E-state index contributed by atoms with van der Waals surface area (Å²) in [6.45, 7) is 4.02. The van der Waals surface area contributed by atoms with Gasteiger partial charge in [-0.05, 0) is 43.0 Å². The van der Waals surface area contributed by atoms with E-state index in [1.54, 1.807) is 0 Å². The van der Waals surface area contributed by atoms with Crippen LogP contribution in [0.2, 0.25) is 0 Å². The molecule has 0 heterocycles. The second kappa shape index (κ2) is 2.95. The number of Topliss-reactive ketones (excluding diaryl/α,β-unsaturated/α-hetero) is 1. The Morgan fingerprint density at radius 3 is 2.64 bits per heavy atom. The van der Waals surface area contributed by atoms with Gasteiger partial charge < -0.3 is 0 Å². The molecule has 0 aliphatic heterocycles. The van der Waals surface area contributed by atoms with Crippen molar-refractivity contribution in [2.75, 3.05) is 0 Å². The van der Waals surface area contributed by atoms with Crippen LogP contribution in [0.1, 0.15) is 27.0 Å². The molecule has 0 amide bonds. The van der Waals surface area contributed by atoms with Crippen LogP contribution in [-0.2, 0) is 6.42 Å². The van der Waals surface area contributed by atoms with Crippen LogP contribution in [0, 0.1) is 31.1 Å². The minimum Gasteiger partial charge on any atom is -0.293 e. The molecule has 1 aliphatic carbocycles. The van der Waals surface area contributed by atoms with E-state index in [2.05, 4.69) is 0 Å². The normalized spacial score (nSPS) is 19.2. The maximum absolute atomic E-state index is 11.7. The van der Waals surface area contributed by atoms with E-state index in [9.17, 15) is 4.79 Å². The van der Waals surface area contributed by atoms with Crippen LogP contribution < -0.4 is 0 Å². The summed E-state index contributed by atoms with van der Waals surface area (Å²) in [7, 11) is 0. The van der Waals surface area contributed by atoms with E-state index in [1.807, 2.05) is 32.0 Å². The second-order valence-corrected chi connectivity index (χ2v) is 3.84. The number of nitrogens with zero attached hydrogens (tertiary/aromatic N) is 1. The molecular weight excluding hydrogens is 174 g/mol. The van der Waals surface area contributed by atoms with Gasteiger partial charge in [-0.3, -0.25) is 4.79 Å². The fourth-order valence-corrected chi connectivity index (χ4v) is 1.88. The van der Waals surface area contributed by atoms with E-state index in [0.717, 1.165) is 16.7 Å². The molecule has 70 valence electrons. The number of fused-ring (bicyclic) bond motifs is 1. The van der Waals surface area contributed by atoms with Crippen LogP contribution in [0.25, 0.3) is 0 Å². The maximum atomic E-state index is 11.7. The van der Waals surface area contributed by atoms with Gasteiger partial charge in [-0.1, -0.05) is 6.07 Å². The van der Waals surface area contributed by atoms with Crippen molar-refractivity contribution < 1.29 is 4.79 Å². The van der Waals surface area contributed by atoms with E-state index < -0.39 is 5.92 Å². The van der Waals surface area contributed by atoms with Crippen LogP contribution >= 0.6 is 0 Å². The lowest BCUT2D eigenvalue weighted by Gasteiger charge is -2.02. The first-order valence-electron chi connectivity index (χ1n) is 4.67. The van der Waals surface area contributed by atoms with Crippen molar-refractivity contribution in [1.29, 1.82) is 5.26 Å². The zero-order valence-electron chi connectivity index (χ0n) is 8.29. The molecule has 2 nitrogen and oxygen atoms in total. The zero-order valence-corrected chi connectivity index (χ0v) is 8.29. The van der Waals surface area contributed by atoms with Crippen molar-refractivity contribution >= 4 is 5.78 Å². The van der Waals surface area contributed by atoms with E-state index in [1.165, 1.54) is 5.56 Å². The number of rotatable bonds is 0. The topological polar surface area (TPSA) is 40.9 Å². The van der Waals surface area contributed by atoms with Gasteiger partial charge in [0, 0.05) is 5.56 Å². The SMILES string of the molecule is Cc1cc2c(cc1C)C(=O)C(C#N)C2. The third-order valence-corrected chi connectivity index (χ3v) is 2.88. The summed E-state index contributed by atoms with van der Waals surface area (Å²) in [6.07, 6.45) is 0.589. The molecule has 0 fully saturated rings. The molecule has 2 heteroatoms. The van der Waals surface area contributed by atoms with Crippen molar-refractivity contribution in [2.24, 2.45) is 5.92 Å². The highest BCUT2D eigenvalue weighted by Crippen LogP contribution is 2.28. The van der Waals surface area contributed by atoms with Gasteiger partial charge in [-0.2, -0.15) is 5.26 Å². The van der Waals surface area contributed by atoms with Gasteiger partial charge in [0.05, 0.1) is 6.07 Å². The van der Waals surface area contributed by atoms with E-state index in [4.69, 9.17) is 5.26 Å². The Balaban J connectivity index is 2.56. The Bertz CT molecular complexity index is 454. The molecular formula is C12H11NO. The first-order valence-corrected chi connectivity index (χ1v) is 4.67. The van der Waals surface area contributed by atoms with Crippen molar-refractivity contribution in [3.05, 3.63) is 34.4 Å². The highest BCUT2D eigenvalue weighted by atomic mass is 16.1. The predicted molar refractivity (Wildman–Crippen MR) is 53.1 cm³/mol. The molecule has 0 bridgehead atoms. The van der Waals surface area contributed by atoms with Gasteiger partial charge in [0.25, 0.3) is 0 Å². The van der Waals surface area contributed by atoms with Crippen LogP contribution in [0.15, 0.2) is 12.1 Å². The Morgan fingerprint density at radius 1 is 1.36 bits per heavy atom. The molecule has 0 radical (unpaired) electrons. The summed E-state index contributed by atoms with van der Waals surface area (Å²) < 4.78 is 0. The predicted octanol–water partition coefficient (Wildman–Crippen LogP) is 2.18. The molecule has 1 unspecified atom stereocenters. The van der Waals surface area contributed by atoms with Crippen LogP contribution in [-0.4, -0.2) is 5.78 Å². The third kappa shape index (κ3) is 1.13. The van der Waals surface area contributed by atoms with E-state index >= 15 is 0 Å². The largest absolute Gasteiger partial charge is 0.293 e. The lowest BCUT2D eigenvalue weighted by Crippen LogP contribution is -2.05. The average Bonchev–Trinajstić information content (AvgIpc) is 2.45. The van der Waals surface area contributed by atoms with Crippen molar-refractivity contribution in [1.82, 2.24) is 0 Å². The number of benzene rings is 1. The van der Waals surface area contributed by atoms with Gasteiger partial charge in [0.15, 0.2) is 5.78 Å². The lowest BCUT2D eigenvalue weighted by molar-refractivity contribution is 0.0963. The molecule has 0 aromatic heterocycles. The zero-order chi connectivity index (χ0) is 10.3. The number of hydrogen-bond donors (Lipinski definition) is 0. The molecule has 14 heavy (non-hydrogen) atoms. The average molecular weight is 185 g/mol. The number of ketones is 1. The Labute approximate surface area is 83.2 Å². The third-order valence-electron chi connectivity index (χ3n) is 2.88.